The molecule has 2 aliphatic rings. The van der Waals surface area contributed by atoms with E-state index >= 15 is 0 Å². The number of piperazine rings is 1. The maximum Gasteiger partial charge on any atom is 0.265 e. The standard InChI is InChI=1S/C20H23N3O3S/c24-19(22-11-9-21(10-12-22)14-16-4-3-13-27-16)7-8-23-17-5-1-2-6-18(17)26-15-20(23)25/h1-6,13H,7-12,14-15H2/p+1. The average molecular weight is 386 g/mol. The third-order valence-electron chi connectivity index (χ3n) is 5.19. The lowest BCUT2D eigenvalue weighted by Crippen LogP contribution is -3.13. The van der Waals surface area contributed by atoms with Crippen molar-refractivity contribution in [3.8, 4) is 5.75 Å². The van der Waals surface area contributed by atoms with E-state index in [9.17, 15) is 9.59 Å². The van der Waals surface area contributed by atoms with Gasteiger partial charge in [-0.05, 0) is 23.6 Å². The van der Waals surface area contributed by atoms with Crippen LogP contribution >= 0.6 is 11.3 Å². The van der Waals surface area contributed by atoms with Gasteiger partial charge in [0.15, 0.2) is 6.61 Å². The number of thiophene rings is 1. The number of carbonyl (C=O) groups is 2. The molecule has 1 aromatic carbocycles. The van der Waals surface area contributed by atoms with E-state index in [4.69, 9.17) is 4.74 Å². The summed E-state index contributed by atoms with van der Waals surface area (Å²) in [5.41, 5.74) is 0.756. The summed E-state index contributed by atoms with van der Waals surface area (Å²) in [6, 6.07) is 11.7. The predicted molar refractivity (Wildman–Crippen MR) is 104 cm³/mol. The van der Waals surface area contributed by atoms with Gasteiger partial charge >= 0.3 is 0 Å². The minimum absolute atomic E-state index is 0.0377. The molecule has 0 bridgehead atoms. The summed E-state index contributed by atoms with van der Waals surface area (Å²) in [6.07, 6.45) is 0.348. The predicted octanol–water partition coefficient (Wildman–Crippen LogP) is 0.791. The number of anilines is 1. The van der Waals surface area contributed by atoms with Gasteiger partial charge in [0, 0.05) is 13.0 Å². The summed E-state index contributed by atoms with van der Waals surface area (Å²) >= 11 is 1.79. The number of nitrogens with one attached hydrogen (secondary N) is 1. The summed E-state index contributed by atoms with van der Waals surface area (Å²) < 4.78 is 5.46. The lowest BCUT2D eigenvalue weighted by molar-refractivity contribution is -0.917. The summed E-state index contributed by atoms with van der Waals surface area (Å²) in [7, 11) is 0. The molecule has 0 unspecified atom stereocenters. The lowest BCUT2D eigenvalue weighted by atomic mass is 10.2. The zero-order valence-electron chi connectivity index (χ0n) is 15.2. The molecule has 0 aliphatic carbocycles. The van der Waals surface area contributed by atoms with Crippen molar-refractivity contribution < 1.29 is 19.2 Å². The van der Waals surface area contributed by atoms with Crippen molar-refractivity contribution in [2.24, 2.45) is 0 Å². The molecule has 4 rings (SSSR count). The second kappa shape index (κ2) is 8.10. The number of rotatable bonds is 5. The van der Waals surface area contributed by atoms with Crippen molar-refractivity contribution >= 4 is 28.8 Å². The Bertz CT molecular complexity index is 801. The molecule has 2 amide bonds. The molecule has 1 fully saturated rings. The Morgan fingerprint density at radius 2 is 1.96 bits per heavy atom. The smallest absolute Gasteiger partial charge is 0.265 e. The lowest BCUT2D eigenvalue weighted by Gasteiger charge is -2.33. The van der Waals surface area contributed by atoms with Gasteiger partial charge in [-0.15, -0.1) is 11.3 Å². The van der Waals surface area contributed by atoms with E-state index in [0.717, 1.165) is 38.4 Å². The first-order chi connectivity index (χ1) is 13.2. The molecule has 0 atom stereocenters. The van der Waals surface area contributed by atoms with Crippen LogP contribution in [0.4, 0.5) is 5.69 Å². The highest BCUT2D eigenvalue weighted by atomic mass is 32.1. The molecule has 6 nitrogen and oxygen atoms in total. The third-order valence-corrected chi connectivity index (χ3v) is 6.06. The van der Waals surface area contributed by atoms with E-state index in [1.807, 2.05) is 29.2 Å². The van der Waals surface area contributed by atoms with E-state index in [1.54, 1.807) is 16.2 Å². The Morgan fingerprint density at radius 1 is 1.15 bits per heavy atom. The molecule has 27 heavy (non-hydrogen) atoms. The van der Waals surface area contributed by atoms with Crippen LogP contribution in [0.1, 0.15) is 11.3 Å². The third kappa shape index (κ3) is 4.14. The Labute approximate surface area is 162 Å². The molecule has 1 aromatic heterocycles. The molecule has 0 spiro atoms. The number of ether oxygens (including phenoxy) is 1. The number of para-hydroxylation sites is 2. The van der Waals surface area contributed by atoms with Crippen LogP contribution in [0.25, 0.3) is 0 Å². The maximum atomic E-state index is 12.6. The molecule has 142 valence electrons. The molecule has 2 aromatic rings. The molecular weight excluding hydrogens is 362 g/mol. The van der Waals surface area contributed by atoms with Crippen LogP contribution in [-0.2, 0) is 16.1 Å². The number of benzene rings is 1. The molecule has 2 aliphatic heterocycles. The number of quaternary nitrogens is 1. The van der Waals surface area contributed by atoms with Gasteiger partial charge in [-0.1, -0.05) is 18.2 Å². The fourth-order valence-corrected chi connectivity index (χ4v) is 4.45. The van der Waals surface area contributed by atoms with Crippen LogP contribution in [0, 0.1) is 0 Å². The van der Waals surface area contributed by atoms with Gasteiger partial charge in [0.1, 0.15) is 12.3 Å². The Morgan fingerprint density at radius 3 is 2.74 bits per heavy atom. The van der Waals surface area contributed by atoms with Crippen molar-refractivity contribution in [3.63, 3.8) is 0 Å². The first-order valence-electron chi connectivity index (χ1n) is 9.36. The molecule has 7 heteroatoms. The van der Waals surface area contributed by atoms with Gasteiger partial charge in [0.25, 0.3) is 5.91 Å². The number of hydrogen-bond acceptors (Lipinski definition) is 4. The van der Waals surface area contributed by atoms with Crippen molar-refractivity contribution in [1.82, 2.24) is 4.90 Å². The maximum absolute atomic E-state index is 12.6. The van der Waals surface area contributed by atoms with Crippen LogP contribution in [0.5, 0.6) is 5.75 Å². The van der Waals surface area contributed by atoms with Crippen molar-refractivity contribution in [2.45, 2.75) is 13.0 Å². The molecular formula is C20H24N3O3S+. The number of amides is 2. The quantitative estimate of drug-likeness (QED) is 0.827. The van der Waals surface area contributed by atoms with Gasteiger partial charge in [-0.2, -0.15) is 0 Å². The van der Waals surface area contributed by atoms with Crippen molar-refractivity contribution in [1.29, 1.82) is 0 Å². The van der Waals surface area contributed by atoms with E-state index < -0.39 is 0 Å². The highest BCUT2D eigenvalue weighted by Crippen LogP contribution is 2.31. The zero-order chi connectivity index (χ0) is 18.6. The van der Waals surface area contributed by atoms with Gasteiger partial charge < -0.3 is 19.4 Å². The van der Waals surface area contributed by atoms with Crippen LogP contribution in [0.2, 0.25) is 0 Å². The second-order valence-corrected chi connectivity index (χ2v) is 7.97. The van der Waals surface area contributed by atoms with E-state index in [1.165, 1.54) is 9.78 Å². The number of hydrogen-bond donors (Lipinski definition) is 1. The molecule has 1 saturated heterocycles. The Kier molecular flexibility index (Phi) is 5.40. The first kappa shape index (κ1) is 18.0. The van der Waals surface area contributed by atoms with E-state index in [2.05, 4.69) is 17.5 Å². The van der Waals surface area contributed by atoms with Crippen LogP contribution in [0.3, 0.4) is 0 Å². The van der Waals surface area contributed by atoms with Crippen LogP contribution in [-0.4, -0.2) is 56.0 Å². The largest absolute Gasteiger partial charge is 0.482 e. The van der Waals surface area contributed by atoms with E-state index in [-0.39, 0.29) is 18.4 Å². The number of fused-ring (bicyclic) bond motifs is 1. The summed E-state index contributed by atoms with van der Waals surface area (Å²) in [5.74, 6) is 0.740. The fraction of sp³-hybridized carbons (Fsp3) is 0.400. The van der Waals surface area contributed by atoms with E-state index in [0.29, 0.717) is 18.7 Å². The highest BCUT2D eigenvalue weighted by Gasteiger charge is 2.28. The second-order valence-electron chi connectivity index (χ2n) is 6.94. The van der Waals surface area contributed by atoms with Crippen LogP contribution in [0.15, 0.2) is 41.8 Å². The monoisotopic (exact) mass is 386 g/mol. The zero-order valence-corrected chi connectivity index (χ0v) is 16.0. The minimum Gasteiger partial charge on any atom is -0.482 e. The topological polar surface area (TPSA) is 54.3 Å². The summed E-state index contributed by atoms with van der Waals surface area (Å²) in [6.45, 7) is 5.00. The average Bonchev–Trinajstić information content (AvgIpc) is 3.20. The summed E-state index contributed by atoms with van der Waals surface area (Å²) in [4.78, 5) is 31.4. The first-order valence-corrected chi connectivity index (χ1v) is 10.2. The SMILES string of the molecule is O=C(CCN1C(=O)COc2ccccc21)N1CC[NH+](Cc2cccs2)CC1. The Balaban J connectivity index is 1.28. The van der Waals surface area contributed by atoms with Crippen LogP contribution < -0.4 is 14.5 Å². The van der Waals surface area contributed by atoms with Gasteiger partial charge in [-0.3, -0.25) is 9.59 Å². The number of nitrogens with zero attached hydrogens (tertiary/aromatic N) is 2. The molecule has 0 radical (unpaired) electrons. The summed E-state index contributed by atoms with van der Waals surface area (Å²) in [5, 5.41) is 2.11. The number of carbonyl (C=O) groups excluding carboxylic acids is 2. The highest BCUT2D eigenvalue weighted by molar-refractivity contribution is 7.09. The molecule has 1 N–H and O–H groups in total. The van der Waals surface area contributed by atoms with Gasteiger partial charge in [0.05, 0.1) is 36.7 Å². The fourth-order valence-electron chi connectivity index (χ4n) is 3.67. The Hall–Kier alpha value is -2.38. The van der Waals surface area contributed by atoms with Crippen molar-refractivity contribution in [3.05, 3.63) is 46.7 Å². The molecule has 3 heterocycles. The van der Waals surface area contributed by atoms with Gasteiger partial charge in [-0.25, -0.2) is 0 Å². The molecule has 0 saturated carbocycles. The van der Waals surface area contributed by atoms with Gasteiger partial charge in [0.2, 0.25) is 5.91 Å². The minimum atomic E-state index is -0.0910. The normalized spacial score (nSPS) is 17.6. The van der Waals surface area contributed by atoms with Crippen molar-refractivity contribution in [2.75, 3.05) is 44.2 Å².